The molecule has 73 heavy (non-hydrogen) atoms. The Kier molecular flexibility index (Phi) is 8.20. The molecule has 0 spiro atoms. The summed E-state index contributed by atoms with van der Waals surface area (Å²) in [7, 11) is 0. The maximum atomic E-state index is 6.43. The predicted octanol–water partition coefficient (Wildman–Crippen LogP) is 15.6. The number of rotatable bonds is 4. The van der Waals surface area contributed by atoms with Crippen LogP contribution < -0.4 is 0 Å². The van der Waals surface area contributed by atoms with Crippen LogP contribution in [0.2, 0.25) is 0 Å². The van der Waals surface area contributed by atoms with Gasteiger partial charge in [-0.3, -0.25) is 28.7 Å². The fourth-order valence-corrected chi connectivity index (χ4v) is 11.3. The van der Waals surface area contributed by atoms with Crippen LogP contribution in [0.3, 0.4) is 0 Å². The zero-order valence-corrected chi connectivity index (χ0v) is 38.6. The van der Waals surface area contributed by atoms with Gasteiger partial charge >= 0.3 is 0 Å². The van der Waals surface area contributed by atoms with E-state index in [0.717, 1.165) is 122 Å². The molecule has 11 nitrogen and oxygen atoms in total. The van der Waals surface area contributed by atoms with E-state index >= 15 is 0 Å². The van der Waals surface area contributed by atoms with Crippen molar-refractivity contribution in [3.8, 4) is 23.0 Å². The van der Waals surface area contributed by atoms with Crippen molar-refractivity contribution in [2.75, 3.05) is 0 Å². The summed E-state index contributed by atoms with van der Waals surface area (Å²) in [6.45, 7) is 0. The van der Waals surface area contributed by atoms with Gasteiger partial charge in [0, 0.05) is 91.6 Å². The van der Waals surface area contributed by atoms with Gasteiger partial charge in [-0.15, -0.1) is 0 Å². The lowest BCUT2D eigenvalue weighted by Gasteiger charge is -2.09. The summed E-state index contributed by atoms with van der Waals surface area (Å²) < 4.78 is 27.9. The van der Waals surface area contributed by atoms with Crippen molar-refractivity contribution in [1.82, 2.24) is 38.2 Å². The Morgan fingerprint density at radius 2 is 0.712 bits per heavy atom. The van der Waals surface area contributed by atoms with E-state index in [-0.39, 0.29) is 0 Å². The molecular formula is C62H36N8O3. The van der Waals surface area contributed by atoms with Crippen molar-refractivity contribution in [1.29, 1.82) is 0 Å². The minimum atomic E-state index is 0.743. The van der Waals surface area contributed by atoms with Crippen molar-refractivity contribution in [3.63, 3.8) is 0 Å². The first-order valence-corrected chi connectivity index (χ1v) is 24.1. The molecule has 0 amide bonds. The van der Waals surface area contributed by atoms with E-state index < -0.39 is 0 Å². The van der Waals surface area contributed by atoms with E-state index in [0.29, 0.717) is 0 Å². The molecule has 17 rings (SSSR count). The Bertz CT molecular complexity index is 4900. The van der Waals surface area contributed by atoms with Gasteiger partial charge in [-0.05, 0) is 84.9 Å². The summed E-state index contributed by atoms with van der Waals surface area (Å²) in [5.41, 5.74) is 12.6. The van der Waals surface area contributed by atoms with Gasteiger partial charge < -0.3 is 17.8 Å². The van der Waals surface area contributed by atoms with E-state index in [1.807, 2.05) is 104 Å². The number of benzene rings is 6. The molecule has 0 unspecified atom stereocenters. The van der Waals surface area contributed by atoms with E-state index in [4.69, 9.17) is 18.2 Å². The first kappa shape index (κ1) is 39.6. The van der Waals surface area contributed by atoms with Gasteiger partial charge in [-0.1, -0.05) is 97.1 Å². The van der Waals surface area contributed by atoms with Crippen LogP contribution >= 0.6 is 0 Å². The first-order valence-electron chi connectivity index (χ1n) is 24.1. The Morgan fingerprint density at radius 3 is 1.25 bits per heavy atom. The van der Waals surface area contributed by atoms with Crippen LogP contribution in [0.15, 0.2) is 232 Å². The molecule has 0 bridgehead atoms. The average molecular weight is 941 g/mol. The van der Waals surface area contributed by atoms with Gasteiger partial charge in [-0.25, -0.2) is 4.98 Å². The fourth-order valence-electron chi connectivity index (χ4n) is 11.3. The first-order chi connectivity index (χ1) is 36.2. The van der Waals surface area contributed by atoms with Gasteiger partial charge in [-0.2, -0.15) is 0 Å². The minimum Gasteiger partial charge on any atom is -0.439 e. The highest BCUT2D eigenvalue weighted by Crippen LogP contribution is 2.43. The highest BCUT2D eigenvalue weighted by atomic mass is 16.4. The summed E-state index contributed by atoms with van der Waals surface area (Å²) in [5, 5.41) is 12.0. The maximum absolute atomic E-state index is 6.43. The number of para-hydroxylation sites is 5. The Labute approximate surface area is 412 Å². The average Bonchev–Trinajstić information content (AvgIpc) is 4.32. The molecule has 0 fully saturated rings. The summed E-state index contributed by atoms with van der Waals surface area (Å²) >= 11 is 0. The third-order valence-electron chi connectivity index (χ3n) is 14.4. The molecule has 0 N–H and O–H groups in total. The lowest BCUT2D eigenvalue weighted by Crippen LogP contribution is -2.02. The molecular weight excluding hydrogens is 905 g/mol. The number of fused-ring (bicyclic) bond motifs is 18. The minimum absolute atomic E-state index is 0.743. The number of nitrogens with zero attached hydrogens (tertiary/aromatic N) is 8. The zero-order chi connectivity index (χ0) is 47.7. The molecule has 0 aliphatic heterocycles. The van der Waals surface area contributed by atoms with E-state index in [9.17, 15) is 0 Å². The molecule has 11 aromatic heterocycles. The quantitative estimate of drug-likeness (QED) is 0.173. The number of pyridine rings is 4. The normalized spacial score (nSPS) is 12.1. The van der Waals surface area contributed by atoms with E-state index in [2.05, 4.69) is 136 Å². The lowest BCUT2D eigenvalue weighted by atomic mass is 10.1. The third-order valence-corrected chi connectivity index (χ3v) is 14.4. The van der Waals surface area contributed by atoms with E-state index in [1.165, 1.54) is 21.8 Å². The summed E-state index contributed by atoms with van der Waals surface area (Å²) in [6, 6.07) is 62.3. The van der Waals surface area contributed by atoms with Crippen LogP contribution in [0.25, 0.3) is 144 Å². The molecule has 0 aliphatic rings. The summed E-state index contributed by atoms with van der Waals surface area (Å²) in [4.78, 5) is 18.4. The Balaban J connectivity index is 0.000000125. The van der Waals surface area contributed by atoms with Crippen LogP contribution in [0.4, 0.5) is 0 Å². The second-order valence-electron chi connectivity index (χ2n) is 18.3. The lowest BCUT2D eigenvalue weighted by molar-refractivity contribution is 0.640. The fraction of sp³-hybridized carbons (Fsp3) is 0. The van der Waals surface area contributed by atoms with Crippen LogP contribution in [0, 0.1) is 0 Å². The molecule has 342 valence electrons. The maximum Gasteiger partial charge on any atom is 0.215 e. The second kappa shape index (κ2) is 15.1. The Morgan fingerprint density at radius 1 is 0.288 bits per heavy atom. The molecule has 6 aromatic carbocycles. The van der Waals surface area contributed by atoms with Gasteiger partial charge in [0.25, 0.3) is 0 Å². The third kappa shape index (κ3) is 5.64. The molecule has 0 radical (unpaired) electrons. The largest absolute Gasteiger partial charge is 0.439 e. The van der Waals surface area contributed by atoms with Gasteiger partial charge in [0.15, 0.2) is 0 Å². The SMILES string of the molecule is c1cc(-n2c3ccncc3c3c4ccccc4oc32)nc(-n2c3ccncc3c3c4ccccc4oc32)c1.c1ccc(-n2c3ccccc3c3cc(-n4c5ccncc5c5c6ccccc6oc54)ccc32)cc1. The molecule has 0 saturated heterocycles. The van der Waals surface area contributed by atoms with Gasteiger partial charge in [0.2, 0.25) is 17.1 Å². The van der Waals surface area contributed by atoms with Crippen molar-refractivity contribution >= 4 is 121 Å². The second-order valence-corrected chi connectivity index (χ2v) is 18.3. The highest BCUT2D eigenvalue weighted by Gasteiger charge is 2.24. The van der Waals surface area contributed by atoms with E-state index in [1.54, 1.807) is 12.4 Å². The van der Waals surface area contributed by atoms with Crippen LogP contribution in [0.1, 0.15) is 0 Å². The van der Waals surface area contributed by atoms with Crippen molar-refractivity contribution in [2.45, 2.75) is 0 Å². The van der Waals surface area contributed by atoms with Crippen LogP contribution in [-0.4, -0.2) is 38.2 Å². The molecule has 11 heteroatoms. The molecule has 0 atom stereocenters. The number of aromatic nitrogens is 8. The molecule has 11 heterocycles. The Hall–Kier alpha value is -10.3. The van der Waals surface area contributed by atoms with Crippen molar-refractivity contribution in [2.24, 2.45) is 0 Å². The summed E-state index contributed by atoms with van der Waals surface area (Å²) in [6.07, 6.45) is 11.2. The smallest absolute Gasteiger partial charge is 0.215 e. The van der Waals surface area contributed by atoms with Crippen molar-refractivity contribution in [3.05, 3.63) is 219 Å². The summed E-state index contributed by atoms with van der Waals surface area (Å²) in [5.74, 6) is 1.49. The zero-order valence-electron chi connectivity index (χ0n) is 38.6. The topological polar surface area (TPSA) is 111 Å². The monoisotopic (exact) mass is 940 g/mol. The van der Waals surface area contributed by atoms with Crippen LogP contribution in [-0.2, 0) is 0 Å². The standard InChI is InChI=1S/C31H17N5O2.C31H19N3O/c1-3-8-24-18(6-1)28-20-16-32-14-12-22(20)35(30(28)37-24)26-10-5-11-27(34-26)36-23-13-15-33-17-21(23)29-19-7-2-4-9-25(19)38-31(29)36;1-2-8-20(9-3-1)33-26-12-6-4-10-22(26)24-18-21(14-15-27(24)33)34-28-16-17-32-19-25(28)30-23-11-5-7-13-29(23)35-31(30)34/h1-17H;1-19H. The highest BCUT2D eigenvalue weighted by molar-refractivity contribution is 6.22. The molecule has 17 aromatic rings. The number of hydrogen-bond acceptors (Lipinski definition) is 7. The number of hydrogen-bond donors (Lipinski definition) is 0. The van der Waals surface area contributed by atoms with Gasteiger partial charge in [0.05, 0.1) is 43.7 Å². The number of furan rings is 3. The van der Waals surface area contributed by atoms with Gasteiger partial charge in [0.1, 0.15) is 28.4 Å². The molecule has 0 aliphatic carbocycles. The van der Waals surface area contributed by atoms with Crippen molar-refractivity contribution < 1.29 is 13.3 Å². The predicted molar refractivity (Wildman–Crippen MR) is 291 cm³/mol. The molecule has 0 saturated carbocycles. The van der Waals surface area contributed by atoms with Crippen LogP contribution in [0.5, 0.6) is 0 Å².